The van der Waals surface area contributed by atoms with Crippen LogP contribution in [0, 0.1) is 11.3 Å². The smallest absolute Gasteiger partial charge is 0.228 e. The van der Waals surface area contributed by atoms with Gasteiger partial charge in [-0.1, -0.05) is 19.9 Å². The molecule has 1 aliphatic heterocycles. The van der Waals surface area contributed by atoms with Crippen molar-refractivity contribution in [3.05, 3.63) is 12.7 Å². The minimum absolute atomic E-state index is 0.258. The van der Waals surface area contributed by atoms with Gasteiger partial charge in [0.05, 0.1) is 0 Å². The Bertz CT molecular complexity index is 267. The lowest BCUT2D eigenvalue weighted by molar-refractivity contribution is -0.143. The molecule has 0 aromatic rings. The molecule has 0 aromatic carbocycles. The molecule has 1 aliphatic rings. The number of carbonyl (C=O) groups excluding carboxylic acids is 1. The summed E-state index contributed by atoms with van der Waals surface area (Å²) in [4.78, 5) is 14.4. The van der Waals surface area contributed by atoms with E-state index in [9.17, 15) is 4.79 Å². The van der Waals surface area contributed by atoms with Crippen molar-refractivity contribution in [2.75, 3.05) is 26.2 Å². The number of rotatable bonds is 5. The highest BCUT2D eigenvalue weighted by atomic mass is 16.2. The van der Waals surface area contributed by atoms with Crippen LogP contribution in [0.2, 0.25) is 0 Å². The maximum Gasteiger partial charge on any atom is 0.228 e. The van der Waals surface area contributed by atoms with Crippen molar-refractivity contribution in [2.24, 2.45) is 11.3 Å². The highest BCUT2D eigenvalue weighted by molar-refractivity contribution is 5.82. The summed E-state index contributed by atoms with van der Waals surface area (Å²) in [5.74, 6) is 0.705. The third-order valence-corrected chi connectivity index (χ3v) is 3.89. The summed E-state index contributed by atoms with van der Waals surface area (Å²) in [6, 6.07) is 0. The van der Waals surface area contributed by atoms with Crippen LogP contribution in [0.3, 0.4) is 0 Å². The summed E-state index contributed by atoms with van der Waals surface area (Å²) in [6.07, 6.45) is 4.13. The molecule has 1 rings (SSSR count). The molecule has 0 bridgehead atoms. The van der Waals surface area contributed by atoms with Crippen LogP contribution in [0.25, 0.3) is 0 Å². The first-order chi connectivity index (χ1) is 8.04. The van der Waals surface area contributed by atoms with Crippen LogP contribution in [0.1, 0.15) is 33.6 Å². The first-order valence-corrected chi connectivity index (χ1v) is 6.65. The van der Waals surface area contributed by atoms with E-state index in [0.717, 1.165) is 26.1 Å². The van der Waals surface area contributed by atoms with Crippen LogP contribution in [-0.2, 0) is 4.79 Å². The normalized spacial score (nSPS) is 21.0. The van der Waals surface area contributed by atoms with Gasteiger partial charge in [-0.25, -0.2) is 0 Å². The molecule has 1 heterocycles. The summed E-state index contributed by atoms with van der Waals surface area (Å²) in [7, 11) is 0. The molecule has 1 amide bonds. The Hall–Kier alpha value is -0.830. The van der Waals surface area contributed by atoms with Crippen LogP contribution in [0.5, 0.6) is 0 Å². The minimum atomic E-state index is -0.271. The van der Waals surface area contributed by atoms with E-state index in [1.165, 1.54) is 6.42 Å². The van der Waals surface area contributed by atoms with Crippen molar-refractivity contribution in [1.82, 2.24) is 10.2 Å². The van der Waals surface area contributed by atoms with E-state index >= 15 is 0 Å². The first kappa shape index (κ1) is 14.2. The van der Waals surface area contributed by atoms with Gasteiger partial charge in [-0.15, -0.1) is 6.58 Å². The Morgan fingerprint density at radius 1 is 1.59 bits per heavy atom. The maximum atomic E-state index is 12.5. The molecule has 0 radical (unpaired) electrons. The molecule has 0 aliphatic carbocycles. The van der Waals surface area contributed by atoms with Crippen LogP contribution >= 0.6 is 0 Å². The van der Waals surface area contributed by atoms with Crippen molar-refractivity contribution in [1.29, 1.82) is 0 Å². The number of carbonyl (C=O) groups is 1. The second-order valence-corrected chi connectivity index (χ2v) is 5.40. The number of hydrogen-bond acceptors (Lipinski definition) is 2. The van der Waals surface area contributed by atoms with Crippen LogP contribution < -0.4 is 5.32 Å². The number of likely N-dealkylation sites (N-methyl/N-ethyl adjacent to an activating group) is 1. The predicted molar refractivity (Wildman–Crippen MR) is 71.8 cm³/mol. The number of amides is 1. The number of piperidine rings is 1. The van der Waals surface area contributed by atoms with E-state index in [1.54, 1.807) is 6.08 Å². The fourth-order valence-corrected chi connectivity index (χ4v) is 2.56. The zero-order valence-electron chi connectivity index (χ0n) is 11.5. The fraction of sp³-hybridized carbons (Fsp3) is 0.786. The van der Waals surface area contributed by atoms with Gasteiger partial charge in [0.1, 0.15) is 0 Å². The predicted octanol–water partition coefficient (Wildman–Crippen LogP) is 2.05. The van der Waals surface area contributed by atoms with Gasteiger partial charge in [0.15, 0.2) is 0 Å². The molecule has 1 N–H and O–H groups in total. The van der Waals surface area contributed by atoms with Gasteiger partial charge in [-0.3, -0.25) is 4.79 Å². The number of nitrogens with one attached hydrogen (secondary N) is 1. The minimum Gasteiger partial charge on any atom is -0.339 e. The van der Waals surface area contributed by atoms with Gasteiger partial charge >= 0.3 is 0 Å². The lowest BCUT2D eigenvalue weighted by atomic mass is 9.74. The zero-order valence-corrected chi connectivity index (χ0v) is 11.5. The molecule has 0 aromatic heterocycles. The van der Waals surface area contributed by atoms with Gasteiger partial charge < -0.3 is 10.2 Å². The first-order valence-electron chi connectivity index (χ1n) is 6.65. The third-order valence-electron chi connectivity index (χ3n) is 3.89. The lowest BCUT2D eigenvalue weighted by Crippen LogP contribution is -2.48. The maximum absolute atomic E-state index is 12.5. The van der Waals surface area contributed by atoms with Crippen LogP contribution in [-0.4, -0.2) is 37.0 Å². The van der Waals surface area contributed by atoms with E-state index in [1.807, 2.05) is 11.8 Å². The second-order valence-electron chi connectivity index (χ2n) is 5.40. The topological polar surface area (TPSA) is 32.3 Å². The van der Waals surface area contributed by atoms with Crippen molar-refractivity contribution in [2.45, 2.75) is 33.6 Å². The third kappa shape index (κ3) is 3.32. The highest BCUT2D eigenvalue weighted by Crippen LogP contribution is 2.33. The second kappa shape index (κ2) is 6.20. The SMILES string of the molecule is C=CCN(CC)C(=O)C(C)(C)C1CCCNC1. The summed E-state index contributed by atoms with van der Waals surface area (Å²) >= 11 is 0. The number of hydrogen-bond donors (Lipinski definition) is 1. The monoisotopic (exact) mass is 238 g/mol. The molecular formula is C14H26N2O. The summed E-state index contributed by atoms with van der Waals surface area (Å²) < 4.78 is 0. The van der Waals surface area contributed by atoms with Crippen LogP contribution in [0.15, 0.2) is 12.7 Å². The van der Waals surface area contributed by atoms with Gasteiger partial charge in [0.2, 0.25) is 5.91 Å². The number of nitrogens with zero attached hydrogens (tertiary/aromatic N) is 1. The fourth-order valence-electron chi connectivity index (χ4n) is 2.56. The molecule has 1 unspecified atom stereocenters. The summed E-state index contributed by atoms with van der Waals surface area (Å²) in [5, 5.41) is 3.39. The molecule has 1 saturated heterocycles. The van der Waals surface area contributed by atoms with Crippen molar-refractivity contribution < 1.29 is 4.79 Å². The Morgan fingerprint density at radius 3 is 2.76 bits per heavy atom. The van der Waals surface area contributed by atoms with Crippen molar-refractivity contribution in [3.8, 4) is 0 Å². The van der Waals surface area contributed by atoms with Crippen LogP contribution in [0.4, 0.5) is 0 Å². The molecule has 98 valence electrons. The van der Waals surface area contributed by atoms with E-state index < -0.39 is 0 Å². The Kier molecular flexibility index (Phi) is 5.19. The largest absolute Gasteiger partial charge is 0.339 e. The van der Waals surface area contributed by atoms with E-state index in [0.29, 0.717) is 12.5 Å². The molecule has 0 saturated carbocycles. The Morgan fingerprint density at radius 2 is 2.29 bits per heavy atom. The quantitative estimate of drug-likeness (QED) is 0.743. The standard InChI is InChI=1S/C14H26N2O/c1-5-10-16(6-2)13(17)14(3,4)12-8-7-9-15-11-12/h5,12,15H,1,6-11H2,2-4H3. The molecule has 3 nitrogen and oxygen atoms in total. The van der Waals surface area contributed by atoms with Gasteiger partial charge in [-0.2, -0.15) is 0 Å². The van der Waals surface area contributed by atoms with E-state index in [4.69, 9.17) is 0 Å². The van der Waals surface area contributed by atoms with Gasteiger partial charge in [-0.05, 0) is 38.8 Å². The van der Waals surface area contributed by atoms with E-state index in [2.05, 4.69) is 25.7 Å². The summed E-state index contributed by atoms with van der Waals surface area (Å²) in [5.41, 5.74) is -0.271. The van der Waals surface area contributed by atoms with Gasteiger partial charge in [0.25, 0.3) is 0 Å². The average Bonchev–Trinajstić information content (AvgIpc) is 2.36. The average molecular weight is 238 g/mol. The zero-order chi connectivity index (χ0) is 12.9. The Balaban J connectivity index is 2.72. The lowest BCUT2D eigenvalue weighted by Gasteiger charge is -2.39. The van der Waals surface area contributed by atoms with Crippen molar-refractivity contribution >= 4 is 5.91 Å². The van der Waals surface area contributed by atoms with Crippen molar-refractivity contribution in [3.63, 3.8) is 0 Å². The highest BCUT2D eigenvalue weighted by Gasteiger charge is 2.39. The Labute approximate surface area is 105 Å². The van der Waals surface area contributed by atoms with Gasteiger partial charge in [0, 0.05) is 18.5 Å². The molecule has 0 spiro atoms. The molecule has 1 atom stereocenters. The molecule has 17 heavy (non-hydrogen) atoms. The molecule has 1 fully saturated rings. The van der Waals surface area contributed by atoms with E-state index in [-0.39, 0.29) is 11.3 Å². The molecular weight excluding hydrogens is 212 g/mol. The molecule has 3 heteroatoms. The summed E-state index contributed by atoms with van der Waals surface area (Å²) in [6.45, 7) is 13.4.